The molecule has 2 heteroatoms. The predicted octanol–water partition coefficient (Wildman–Crippen LogP) is 4.51. The van der Waals surface area contributed by atoms with Crippen LogP contribution in [0.25, 0.3) is 0 Å². The number of fused-ring (bicyclic) bond motifs is 1. The maximum absolute atomic E-state index is 5.77. The SMILES string of the molecule is CCOc1ccc(C)c2c1C(C)(C)CC2Br. The van der Waals surface area contributed by atoms with Gasteiger partial charge in [0.25, 0.3) is 0 Å². The maximum Gasteiger partial charge on any atom is 0.123 e. The van der Waals surface area contributed by atoms with E-state index in [4.69, 9.17) is 4.74 Å². The molecule has 88 valence electrons. The van der Waals surface area contributed by atoms with Gasteiger partial charge in [0.05, 0.1) is 6.61 Å². The van der Waals surface area contributed by atoms with E-state index in [1.54, 1.807) is 0 Å². The molecule has 0 radical (unpaired) electrons. The standard InChI is InChI=1S/C14H19BrO/c1-5-16-11-7-6-9(2)12-10(15)8-14(3,4)13(11)12/h6-7,10H,5,8H2,1-4H3. The van der Waals surface area contributed by atoms with Crippen molar-refractivity contribution in [2.45, 2.75) is 44.4 Å². The number of benzene rings is 1. The lowest BCUT2D eigenvalue weighted by molar-refractivity contribution is 0.329. The summed E-state index contributed by atoms with van der Waals surface area (Å²) in [4.78, 5) is 0.470. The molecule has 2 rings (SSSR count). The molecule has 0 amide bonds. The van der Waals surface area contributed by atoms with E-state index in [0.29, 0.717) is 4.83 Å². The monoisotopic (exact) mass is 282 g/mol. The Labute approximate surface area is 106 Å². The highest BCUT2D eigenvalue weighted by atomic mass is 79.9. The third kappa shape index (κ3) is 1.77. The minimum Gasteiger partial charge on any atom is -0.494 e. The Balaban J connectivity index is 2.62. The van der Waals surface area contributed by atoms with Crippen LogP contribution in [0.4, 0.5) is 0 Å². The van der Waals surface area contributed by atoms with E-state index in [0.717, 1.165) is 18.8 Å². The molecular weight excluding hydrogens is 264 g/mol. The third-order valence-electron chi connectivity index (χ3n) is 3.40. The van der Waals surface area contributed by atoms with Crippen LogP contribution in [0.3, 0.4) is 0 Å². The van der Waals surface area contributed by atoms with Gasteiger partial charge in [-0.15, -0.1) is 0 Å². The number of hydrogen-bond donors (Lipinski definition) is 0. The summed E-state index contributed by atoms with van der Waals surface area (Å²) in [6.07, 6.45) is 1.15. The van der Waals surface area contributed by atoms with Crippen LogP contribution in [-0.4, -0.2) is 6.61 Å². The number of aryl methyl sites for hydroxylation is 1. The third-order valence-corrected chi connectivity index (χ3v) is 4.19. The molecule has 0 spiro atoms. The largest absolute Gasteiger partial charge is 0.494 e. The van der Waals surface area contributed by atoms with Crippen LogP contribution in [-0.2, 0) is 5.41 Å². The average molecular weight is 283 g/mol. The molecule has 1 aliphatic rings. The van der Waals surface area contributed by atoms with Gasteiger partial charge in [-0.1, -0.05) is 35.8 Å². The molecule has 0 aliphatic heterocycles. The number of rotatable bonds is 2. The van der Waals surface area contributed by atoms with Gasteiger partial charge in [-0.3, -0.25) is 0 Å². The molecule has 1 aromatic carbocycles. The first kappa shape index (κ1) is 12.0. The Morgan fingerprint density at radius 2 is 2.12 bits per heavy atom. The first-order chi connectivity index (χ1) is 7.47. The predicted molar refractivity (Wildman–Crippen MR) is 71.7 cm³/mol. The molecule has 1 unspecified atom stereocenters. The maximum atomic E-state index is 5.77. The average Bonchev–Trinajstić information content (AvgIpc) is 2.43. The molecule has 1 atom stereocenters. The molecule has 0 aromatic heterocycles. The van der Waals surface area contributed by atoms with Crippen LogP contribution in [0, 0.1) is 6.92 Å². The molecule has 1 aromatic rings. The fraction of sp³-hybridized carbons (Fsp3) is 0.571. The summed E-state index contributed by atoms with van der Waals surface area (Å²) in [7, 11) is 0. The van der Waals surface area contributed by atoms with E-state index in [1.807, 2.05) is 6.92 Å². The molecule has 0 bridgehead atoms. The van der Waals surface area contributed by atoms with Gasteiger partial charge in [0.2, 0.25) is 0 Å². The summed E-state index contributed by atoms with van der Waals surface area (Å²) in [6.45, 7) is 9.56. The second kappa shape index (κ2) is 4.06. The van der Waals surface area contributed by atoms with Crippen LogP contribution in [0.5, 0.6) is 5.75 Å². The fourth-order valence-electron chi connectivity index (χ4n) is 2.73. The van der Waals surface area contributed by atoms with Crippen LogP contribution in [0.2, 0.25) is 0 Å². The molecule has 0 heterocycles. The highest BCUT2D eigenvalue weighted by molar-refractivity contribution is 9.09. The summed E-state index contributed by atoms with van der Waals surface area (Å²) in [5.41, 5.74) is 4.41. The topological polar surface area (TPSA) is 9.23 Å². The van der Waals surface area contributed by atoms with E-state index in [-0.39, 0.29) is 5.41 Å². The molecule has 1 aliphatic carbocycles. The van der Waals surface area contributed by atoms with Crippen molar-refractivity contribution in [3.63, 3.8) is 0 Å². The minimum absolute atomic E-state index is 0.208. The minimum atomic E-state index is 0.208. The van der Waals surface area contributed by atoms with Gasteiger partial charge < -0.3 is 4.74 Å². The van der Waals surface area contributed by atoms with Crippen LogP contribution in [0.15, 0.2) is 12.1 Å². The van der Waals surface area contributed by atoms with E-state index in [9.17, 15) is 0 Å². The molecular formula is C14H19BrO. The van der Waals surface area contributed by atoms with Gasteiger partial charge in [-0.05, 0) is 42.9 Å². The van der Waals surface area contributed by atoms with Gasteiger partial charge >= 0.3 is 0 Å². The smallest absolute Gasteiger partial charge is 0.123 e. The number of alkyl halides is 1. The van der Waals surface area contributed by atoms with Crippen molar-refractivity contribution in [3.8, 4) is 5.75 Å². The summed E-state index contributed by atoms with van der Waals surface area (Å²) in [5, 5.41) is 0. The van der Waals surface area contributed by atoms with Crippen molar-refractivity contribution in [1.29, 1.82) is 0 Å². The molecule has 0 saturated heterocycles. The molecule has 0 N–H and O–H groups in total. The van der Waals surface area contributed by atoms with Crippen molar-refractivity contribution in [2.24, 2.45) is 0 Å². The van der Waals surface area contributed by atoms with Crippen LogP contribution in [0.1, 0.15) is 48.7 Å². The normalized spacial score (nSPS) is 21.9. The number of ether oxygens (including phenoxy) is 1. The lowest BCUT2D eigenvalue weighted by Gasteiger charge is -2.22. The van der Waals surface area contributed by atoms with Crippen molar-refractivity contribution in [3.05, 3.63) is 28.8 Å². The zero-order valence-corrected chi connectivity index (χ0v) is 12.0. The second-order valence-corrected chi connectivity index (χ2v) is 6.26. The van der Waals surface area contributed by atoms with Gasteiger partial charge in [0.15, 0.2) is 0 Å². The van der Waals surface area contributed by atoms with Gasteiger partial charge in [0, 0.05) is 10.4 Å². The Bertz CT molecular complexity index is 409. The number of hydrogen-bond acceptors (Lipinski definition) is 1. The molecule has 0 saturated carbocycles. The van der Waals surface area contributed by atoms with Crippen LogP contribution < -0.4 is 4.74 Å². The van der Waals surface area contributed by atoms with Crippen molar-refractivity contribution in [2.75, 3.05) is 6.61 Å². The molecule has 1 nitrogen and oxygen atoms in total. The molecule has 16 heavy (non-hydrogen) atoms. The van der Waals surface area contributed by atoms with Crippen molar-refractivity contribution < 1.29 is 4.74 Å². The highest BCUT2D eigenvalue weighted by Gasteiger charge is 2.39. The fourth-order valence-corrected chi connectivity index (χ4v) is 4.13. The summed E-state index contributed by atoms with van der Waals surface area (Å²) >= 11 is 3.79. The zero-order chi connectivity index (χ0) is 11.9. The Morgan fingerprint density at radius 1 is 1.44 bits per heavy atom. The first-order valence-electron chi connectivity index (χ1n) is 5.88. The Hall–Kier alpha value is -0.500. The lowest BCUT2D eigenvalue weighted by Crippen LogP contribution is -2.14. The highest BCUT2D eigenvalue weighted by Crippen LogP contribution is 2.53. The summed E-state index contributed by atoms with van der Waals surface area (Å²) in [5.74, 6) is 1.06. The molecule has 0 fully saturated rings. The van der Waals surface area contributed by atoms with E-state index >= 15 is 0 Å². The second-order valence-electron chi connectivity index (χ2n) is 5.16. The zero-order valence-electron chi connectivity index (χ0n) is 10.4. The first-order valence-corrected chi connectivity index (χ1v) is 6.79. The lowest BCUT2D eigenvalue weighted by atomic mass is 9.85. The van der Waals surface area contributed by atoms with E-state index in [1.165, 1.54) is 16.7 Å². The van der Waals surface area contributed by atoms with Crippen molar-refractivity contribution >= 4 is 15.9 Å². The van der Waals surface area contributed by atoms with Crippen LogP contribution >= 0.6 is 15.9 Å². The number of halogens is 1. The van der Waals surface area contributed by atoms with Crippen molar-refractivity contribution in [1.82, 2.24) is 0 Å². The Kier molecular flexibility index (Phi) is 3.04. The summed E-state index contributed by atoms with van der Waals surface area (Å²) in [6, 6.07) is 4.28. The van der Waals surface area contributed by atoms with Gasteiger partial charge in [-0.2, -0.15) is 0 Å². The van der Waals surface area contributed by atoms with E-state index < -0.39 is 0 Å². The quantitative estimate of drug-likeness (QED) is 0.725. The van der Waals surface area contributed by atoms with Gasteiger partial charge in [0.1, 0.15) is 5.75 Å². The van der Waals surface area contributed by atoms with Gasteiger partial charge in [-0.25, -0.2) is 0 Å². The van der Waals surface area contributed by atoms with E-state index in [2.05, 4.69) is 48.8 Å². The Morgan fingerprint density at radius 3 is 2.75 bits per heavy atom. The summed E-state index contributed by atoms with van der Waals surface area (Å²) < 4.78 is 5.77.